The van der Waals surface area contributed by atoms with E-state index in [2.05, 4.69) is 77.7 Å². The lowest BCUT2D eigenvalue weighted by Gasteiger charge is -2.48. The van der Waals surface area contributed by atoms with Gasteiger partial charge in [0.15, 0.2) is 0 Å². The number of piperidine rings is 1. The van der Waals surface area contributed by atoms with Crippen molar-refractivity contribution >= 4 is 26.8 Å². The van der Waals surface area contributed by atoms with Crippen molar-refractivity contribution < 1.29 is 0 Å². The van der Waals surface area contributed by atoms with Gasteiger partial charge in [-0.1, -0.05) is 28.9 Å². The van der Waals surface area contributed by atoms with Gasteiger partial charge < -0.3 is 4.90 Å². The predicted octanol–water partition coefficient (Wildman–Crippen LogP) is 4.09. The normalized spacial score (nSPS) is 27.1. The lowest BCUT2D eigenvalue weighted by Crippen LogP contribution is -2.53. The summed E-state index contributed by atoms with van der Waals surface area (Å²) in [4.78, 5) is 2.47. The second-order valence-corrected chi connectivity index (χ2v) is 7.45. The van der Waals surface area contributed by atoms with Gasteiger partial charge in [0.2, 0.25) is 0 Å². The van der Waals surface area contributed by atoms with Gasteiger partial charge in [-0.15, -0.1) is 0 Å². The van der Waals surface area contributed by atoms with Crippen LogP contribution in [0.1, 0.15) is 33.2 Å². The zero-order valence-corrected chi connectivity index (χ0v) is 14.2. The van der Waals surface area contributed by atoms with Crippen molar-refractivity contribution in [3.8, 4) is 0 Å². The standard InChI is InChI=1S/C16H22BrN3/c1-11-15(7-8-19(4)16(11,2)3)20-10-12-5-6-13(17)9-14(12)18-20/h5-6,9-11,15H,7-8H2,1-4H3. The molecule has 1 aliphatic heterocycles. The predicted molar refractivity (Wildman–Crippen MR) is 87.0 cm³/mol. The second kappa shape index (κ2) is 4.85. The summed E-state index contributed by atoms with van der Waals surface area (Å²) in [7, 11) is 2.23. The van der Waals surface area contributed by atoms with Crippen molar-refractivity contribution in [2.24, 2.45) is 5.92 Å². The van der Waals surface area contributed by atoms with Crippen molar-refractivity contribution in [1.29, 1.82) is 0 Å². The smallest absolute Gasteiger partial charge is 0.0934 e. The molecule has 1 saturated heterocycles. The molecule has 2 heterocycles. The van der Waals surface area contributed by atoms with E-state index < -0.39 is 0 Å². The molecule has 0 amide bonds. The first-order valence-corrected chi connectivity index (χ1v) is 8.04. The summed E-state index contributed by atoms with van der Waals surface area (Å²) in [5, 5.41) is 6.03. The number of fused-ring (bicyclic) bond motifs is 1. The van der Waals surface area contributed by atoms with Crippen LogP contribution in [0.4, 0.5) is 0 Å². The summed E-state index contributed by atoms with van der Waals surface area (Å²) < 4.78 is 3.28. The van der Waals surface area contributed by atoms with Crippen LogP contribution in [0.25, 0.3) is 10.9 Å². The van der Waals surface area contributed by atoms with E-state index in [9.17, 15) is 0 Å². The maximum atomic E-state index is 4.81. The minimum Gasteiger partial charge on any atom is -0.301 e. The van der Waals surface area contributed by atoms with Crippen molar-refractivity contribution in [3.63, 3.8) is 0 Å². The minimum atomic E-state index is 0.210. The number of rotatable bonds is 1. The van der Waals surface area contributed by atoms with Gasteiger partial charge in [-0.2, -0.15) is 5.10 Å². The highest BCUT2D eigenvalue weighted by molar-refractivity contribution is 9.10. The molecule has 2 unspecified atom stereocenters. The number of likely N-dealkylation sites (tertiary alicyclic amines) is 1. The van der Waals surface area contributed by atoms with Gasteiger partial charge in [-0.25, -0.2) is 0 Å². The fourth-order valence-electron chi connectivity index (χ4n) is 3.22. The van der Waals surface area contributed by atoms with E-state index in [1.165, 1.54) is 5.39 Å². The van der Waals surface area contributed by atoms with Gasteiger partial charge in [0.25, 0.3) is 0 Å². The van der Waals surface area contributed by atoms with E-state index in [-0.39, 0.29) is 5.54 Å². The number of hydrogen-bond acceptors (Lipinski definition) is 2. The Kier molecular flexibility index (Phi) is 3.41. The molecule has 3 nitrogen and oxygen atoms in total. The van der Waals surface area contributed by atoms with E-state index >= 15 is 0 Å². The summed E-state index contributed by atoms with van der Waals surface area (Å²) in [5.74, 6) is 0.569. The first-order chi connectivity index (χ1) is 9.39. The SMILES string of the molecule is CC1C(n2cc3ccc(Br)cc3n2)CCN(C)C1(C)C. The molecule has 2 aromatic rings. The van der Waals surface area contributed by atoms with Crippen LogP contribution < -0.4 is 0 Å². The van der Waals surface area contributed by atoms with Crippen LogP contribution in [0.5, 0.6) is 0 Å². The van der Waals surface area contributed by atoms with Crippen LogP contribution in [0, 0.1) is 5.92 Å². The number of halogens is 1. The number of aromatic nitrogens is 2. The average Bonchev–Trinajstić information content (AvgIpc) is 2.79. The maximum absolute atomic E-state index is 4.81. The molecule has 1 aliphatic rings. The lowest BCUT2D eigenvalue weighted by atomic mass is 9.77. The monoisotopic (exact) mass is 335 g/mol. The molecule has 2 atom stereocenters. The van der Waals surface area contributed by atoms with Crippen molar-refractivity contribution in [3.05, 3.63) is 28.9 Å². The Hall–Kier alpha value is -0.870. The lowest BCUT2D eigenvalue weighted by molar-refractivity contribution is 0.0145. The molecular formula is C16H22BrN3. The molecule has 1 fully saturated rings. The summed E-state index contributed by atoms with van der Waals surface area (Å²) in [6, 6.07) is 6.79. The van der Waals surface area contributed by atoms with Gasteiger partial charge in [-0.05, 0) is 45.4 Å². The topological polar surface area (TPSA) is 21.1 Å². The van der Waals surface area contributed by atoms with Crippen LogP contribution in [-0.4, -0.2) is 33.8 Å². The van der Waals surface area contributed by atoms with E-state index in [0.717, 1.165) is 23.0 Å². The molecule has 0 radical (unpaired) electrons. The summed E-state index contributed by atoms with van der Waals surface area (Å²) in [6.07, 6.45) is 3.36. The summed E-state index contributed by atoms with van der Waals surface area (Å²) in [6.45, 7) is 8.15. The molecule has 0 bridgehead atoms. The molecular weight excluding hydrogens is 314 g/mol. The first-order valence-electron chi connectivity index (χ1n) is 7.25. The Morgan fingerprint density at radius 2 is 2.10 bits per heavy atom. The van der Waals surface area contributed by atoms with Crippen molar-refractivity contribution in [2.75, 3.05) is 13.6 Å². The molecule has 20 heavy (non-hydrogen) atoms. The van der Waals surface area contributed by atoms with Gasteiger partial charge in [0.1, 0.15) is 0 Å². The average molecular weight is 336 g/mol. The van der Waals surface area contributed by atoms with E-state index in [0.29, 0.717) is 12.0 Å². The Morgan fingerprint density at radius 1 is 1.35 bits per heavy atom. The largest absolute Gasteiger partial charge is 0.301 e. The molecule has 3 rings (SSSR count). The Balaban J connectivity index is 1.98. The van der Waals surface area contributed by atoms with E-state index in [1.807, 2.05) is 0 Å². The van der Waals surface area contributed by atoms with Crippen LogP contribution in [-0.2, 0) is 0 Å². The zero-order chi connectivity index (χ0) is 14.5. The molecule has 0 N–H and O–H groups in total. The molecule has 108 valence electrons. The Bertz CT molecular complexity index is 632. The Morgan fingerprint density at radius 3 is 2.85 bits per heavy atom. The summed E-state index contributed by atoms with van der Waals surface area (Å²) >= 11 is 3.52. The van der Waals surface area contributed by atoms with Gasteiger partial charge >= 0.3 is 0 Å². The molecule has 1 aromatic carbocycles. The molecule has 4 heteroatoms. The van der Waals surface area contributed by atoms with Gasteiger partial charge in [0.05, 0.1) is 11.6 Å². The van der Waals surface area contributed by atoms with Crippen molar-refractivity contribution in [1.82, 2.24) is 14.7 Å². The van der Waals surface area contributed by atoms with Crippen LogP contribution >= 0.6 is 15.9 Å². The fraction of sp³-hybridized carbons (Fsp3) is 0.562. The molecule has 0 saturated carbocycles. The van der Waals surface area contributed by atoms with Crippen LogP contribution in [0.15, 0.2) is 28.9 Å². The highest BCUT2D eigenvalue weighted by Crippen LogP contribution is 2.39. The minimum absolute atomic E-state index is 0.210. The zero-order valence-electron chi connectivity index (χ0n) is 12.6. The third-order valence-electron chi connectivity index (χ3n) is 5.26. The molecule has 1 aromatic heterocycles. The maximum Gasteiger partial charge on any atom is 0.0934 e. The number of nitrogens with zero attached hydrogens (tertiary/aromatic N) is 3. The number of hydrogen-bond donors (Lipinski definition) is 0. The number of benzene rings is 1. The summed E-state index contributed by atoms with van der Waals surface area (Å²) in [5.41, 5.74) is 1.28. The van der Waals surface area contributed by atoms with Gasteiger partial charge in [-0.3, -0.25) is 4.68 Å². The highest BCUT2D eigenvalue weighted by Gasteiger charge is 2.40. The Labute approximate surface area is 129 Å². The quantitative estimate of drug-likeness (QED) is 0.782. The fourth-order valence-corrected chi connectivity index (χ4v) is 3.57. The van der Waals surface area contributed by atoms with Gasteiger partial charge in [0, 0.05) is 28.1 Å². The van der Waals surface area contributed by atoms with Crippen molar-refractivity contribution in [2.45, 2.75) is 38.8 Å². The molecule has 0 aliphatic carbocycles. The third-order valence-corrected chi connectivity index (χ3v) is 5.76. The second-order valence-electron chi connectivity index (χ2n) is 6.53. The first kappa shape index (κ1) is 14.1. The highest BCUT2D eigenvalue weighted by atomic mass is 79.9. The third kappa shape index (κ3) is 2.19. The van der Waals surface area contributed by atoms with E-state index in [4.69, 9.17) is 5.10 Å². The van der Waals surface area contributed by atoms with E-state index in [1.54, 1.807) is 0 Å². The molecule has 0 spiro atoms. The van der Waals surface area contributed by atoms with Crippen LogP contribution in [0.3, 0.4) is 0 Å². The van der Waals surface area contributed by atoms with Crippen LogP contribution in [0.2, 0.25) is 0 Å².